The van der Waals surface area contributed by atoms with Gasteiger partial charge in [-0.25, -0.2) is 4.79 Å². The Morgan fingerprint density at radius 1 is 1.21 bits per heavy atom. The molecule has 3 heterocycles. The van der Waals surface area contributed by atoms with E-state index < -0.39 is 6.04 Å². The maximum absolute atomic E-state index is 12.4. The Morgan fingerprint density at radius 2 is 2.04 bits per heavy atom. The van der Waals surface area contributed by atoms with Gasteiger partial charge in [-0.15, -0.1) is 0 Å². The van der Waals surface area contributed by atoms with Crippen molar-refractivity contribution < 1.29 is 23.9 Å². The minimum Gasteiger partial charge on any atom is -0.454 e. The molecule has 126 valence electrons. The van der Waals surface area contributed by atoms with Gasteiger partial charge in [0.1, 0.15) is 6.04 Å². The molecule has 0 saturated carbocycles. The fourth-order valence-corrected chi connectivity index (χ4v) is 3.05. The minimum absolute atomic E-state index is 0.0265. The molecule has 4 amide bonds. The topological polar surface area (TPSA) is 100 Å². The average Bonchev–Trinajstić information content (AvgIpc) is 3.05. The van der Waals surface area contributed by atoms with Gasteiger partial charge in [0.05, 0.1) is 13.1 Å². The lowest BCUT2D eigenvalue weighted by molar-refractivity contribution is -0.148. The second kappa shape index (κ2) is 5.59. The summed E-state index contributed by atoms with van der Waals surface area (Å²) < 4.78 is 10.5. The molecule has 0 radical (unpaired) electrons. The number of rotatable bonds is 1. The van der Waals surface area contributed by atoms with Crippen molar-refractivity contribution in [3.63, 3.8) is 0 Å². The van der Waals surface area contributed by atoms with Gasteiger partial charge in [-0.05, 0) is 12.1 Å². The van der Waals surface area contributed by atoms with Gasteiger partial charge in [-0.1, -0.05) is 0 Å². The Bertz CT molecular complexity index is 722. The number of nitrogens with zero attached hydrogens (tertiary/aromatic N) is 2. The van der Waals surface area contributed by atoms with E-state index in [-0.39, 0.29) is 37.7 Å². The van der Waals surface area contributed by atoms with Crippen molar-refractivity contribution in [2.24, 2.45) is 0 Å². The molecule has 9 heteroatoms. The highest BCUT2D eigenvalue weighted by molar-refractivity contribution is 5.96. The minimum atomic E-state index is -0.623. The zero-order chi connectivity index (χ0) is 16.7. The third-order valence-electron chi connectivity index (χ3n) is 4.33. The highest BCUT2D eigenvalue weighted by Gasteiger charge is 2.39. The summed E-state index contributed by atoms with van der Waals surface area (Å²) in [5, 5.41) is 5.33. The fourth-order valence-electron chi connectivity index (χ4n) is 3.05. The van der Waals surface area contributed by atoms with Crippen molar-refractivity contribution in [3.05, 3.63) is 18.2 Å². The van der Waals surface area contributed by atoms with Crippen LogP contribution in [0.1, 0.15) is 0 Å². The summed E-state index contributed by atoms with van der Waals surface area (Å²) in [6.07, 6.45) is 0. The van der Waals surface area contributed by atoms with Gasteiger partial charge in [0.2, 0.25) is 18.6 Å². The zero-order valence-electron chi connectivity index (χ0n) is 12.8. The van der Waals surface area contributed by atoms with E-state index in [0.29, 0.717) is 30.3 Å². The molecule has 3 aliphatic rings. The van der Waals surface area contributed by atoms with Gasteiger partial charge in [-0.3, -0.25) is 9.59 Å². The van der Waals surface area contributed by atoms with E-state index >= 15 is 0 Å². The number of urea groups is 1. The molecule has 0 aromatic heterocycles. The molecule has 1 unspecified atom stereocenters. The second-order valence-corrected chi connectivity index (χ2v) is 5.76. The normalized spacial score (nSPS) is 22.1. The Labute approximate surface area is 137 Å². The smallest absolute Gasteiger partial charge is 0.321 e. The highest BCUT2D eigenvalue weighted by atomic mass is 16.7. The maximum atomic E-state index is 12.4. The van der Waals surface area contributed by atoms with Crippen LogP contribution in [0.15, 0.2) is 18.2 Å². The molecule has 0 bridgehead atoms. The number of benzene rings is 1. The maximum Gasteiger partial charge on any atom is 0.321 e. The summed E-state index contributed by atoms with van der Waals surface area (Å²) in [5.41, 5.74) is 0.579. The first-order valence-electron chi connectivity index (χ1n) is 7.64. The number of anilines is 1. The van der Waals surface area contributed by atoms with E-state index in [0.717, 1.165) is 0 Å². The predicted molar refractivity (Wildman–Crippen MR) is 81.7 cm³/mol. The number of carbonyl (C=O) groups is 3. The van der Waals surface area contributed by atoms with Crippen molar-refractivity contribution in [3.8, 4) is 11.5 Å². The van der Waals surface area contributed by atoms with Crippen molar-refractivity contribution >= 4 is 23.5 Å². The first-order valence-corrected chi connectivity index (χ1v) is 7.64. The number of ether oxygens (including phenoxy) is 2. The molecule has 4 rings (SSSR count). The number of amides is 4. The number of fused-ring (bicyclic) bond motifs is 2. The van der Waals surface area contributed by atoms with Crippen LogP contribution < -0.4 is 20.1 Å². The van der Waals surface area contributed by atoms with E-state index in [1.165, 1.54) is 9.80 Å². The van der Waals surface area contributed by atoms with Gasteiger partial charge >= 0.3 is 6.03 Å². The molecule has 9 nitrogen and oxygen atoms in total. The van der Waals surface area contributed by atoms with Crippen LogP contribution in [0.5, 0.6) is 11.5 Å². The molecule has 1 atom stereocenters. The van der Waals surface area contributed by atoms with Gasteiger partial charge in [0, 0.05) is 24.8 Å². The third-order valence-corrected chi connectivity index (χ3v) is 4.33. The summed E-state index contributed by atoms with van der Waals surface area (Å²) >= 11 is 0. The molecular weight excluding hydrogens is 316 g/mol. The number of piperazine rings is 2. The van der Waals surface area contributed by atoms with E-state index in [2.05, 4.69) is 10.6 Å². The van der Waals surface area contributed by atoms with Crippen LogP contribution >= 0.6 is 0 Å². The SMILES string of the molecule is O=C1NCC(=O)N2CCN(C(=O)Nc3ccc4c(c3)OCO4)CC12. The molecule has 2 saturated heterocycles. The van der Waals surface area contributed by atoms with Crippen molar-refractivity contribution in [2.45, 2.75) is 6.04 Å². The van der Waals surface area contributed by atoms with Gasteiger partial charge < -0.3 is 29.9 Å². The van der Waals surface area contributed by atoms with E-state index in [4.69, 9.17) is 9.47 Å². The Balaban J connectivity index is 1.43. The molecule has 1 aromatic carbocycles. The lowest BCUT2D eigenvalue weighted by atomic mass is 10.1. The van der Waals surface area contributed by atoms with Gasteiger partial charge in [0.15, 0.2) is 11.5 Å². The van der Waals surface area contributed by atoms with Crippen molar-refractivity contribution in [1.82, 2.24) is 15.1 Å². The zero-order valence-corrected chi connectivity index (χ0v) is 12.8. The summed E-state index contributed by atoms with van der Waals surface area (Å²) in [5.74, 6) is 0.875. The molecule has 3 aliphatic heterocycles. The molecule has 2 fully saturated rings. The number of nitrogens with one attached hydrogen (secondary N) is 2. The molecule has 0 spiro atoms. The summed E-state index contributed by atoms with van der Waals surface area (Å²) in [4.78, 5) is 39.3. The van der Waals surface area contributed by atoms with Gasteiger partial charge in [0.25, 0.3) is 0 Å². The lowest BCUT2D eigenvalue weighted by Gasteiger charge is -2.42. The first-order chi connectivity index (χ1) is 11.6. The van der Waals surface area contributed by atoms with Crippen molar-refractivity contribution in [1.29, 1.82) is 0 Å². The van der Waals surface area contributed by atoms with Crippen LogP contribution in [0, 0.1) is 0 Å². The molecule has 0 aliphatic carbocycles. The highest BCUT2D eigenvalue weighted by Crippen LogP contribution is 2.34. The Morgan fingerprint density at radius 3 is 2.92 bits per heavy atom. The van der Waals surface area contributed by atoms with E-state index in [9.17, 15) is 14.4 Å². The number of hydrogen-bond acceptors (Lipinski definition) is 5. The van der Waals surface area contributed by atoms with Crippen molar-refractivity contribution in [2.75, 3.05) is 38.3 Å². The molecule has 24 heavy (non-hydrogen) atoms. The molecular formula is C15H16N4O5. The average molecular weight is 332 g/mol. The van der Waals surface area contributed by atoms with Gasteiger partial charge in [-0.2, -0.15) is 0 Å². The van der Waals surface area contributed by atoms with E-state index in [1.807, 2.05) is 0 Å². The number of carbonyl (C=O) groups excluding carboxylic acids is 3. The number of hydrogen-bond donors (Lipinski definition) is 2. The summed E-state index contributed by atoms with van der Waals surface area (Å²) in [6, 6.07) is 4.19. The fraction of sp³-hybridized carbons (Fsp3) is 0.400. The Hall–Kier alpha value is -2.97. The van der Waals surface area contributed by atoms with Crippen LogP contribution in [0.2, 0.25) is 0 Å². The van der Waals surface area contributed by atoms with Crippen LogP contribution in [-0.4, -0.2) is 66.7 Å². The monoisotopic (exact) mass is 332 g/mol. The van der Waals surface area contributed by atoms with Crippen LogP contribution in [0.25, 0.3) is 0 Å². The first kappa shape index (κ1) is 14.6. The standard InChI is InChI=1S/C15H16N4O5/c20-13-6-16-14(21)10-7-18(3-4-19(10)13)15(22)17-9-1-2-11-12(5-9)24-8-23-11/h1-2,5,10H,3-4,6-8H2,(H,16,21)(H,17,22). The predicted octanol–water partition coefficient (Wildman–Crippen LogP) is -0.410. The lowest BCUT2D eigenvalue weighted by Crippen LogP contribution is -2.66. The Kier molecular flexibility index (Phi) is 3.40. The van der Waals surface area contributed by atoms with Crippen LogP contribution in [0.4, 0.5) is 10.5 Å². The van der Waals surface area contributed by atoms with Crippen LogP contribution in [0.3, 0.4) is 0 Å². The second-order valence-electron chi connectivity index (χ2n) is 5.76. The summed E-state index contributed by atoms with van der Waals surface area (Å²) in [7, 11) is 0. The largest absolute Gasteiger partial charge is 0.454 e. The van der Waals surface area contributed by atoms with Crippen LogP contribution in [-0.2, 0) is 9.59 Å². The summed E-state index contributed by atoms with van der Waals surface area (Å²) in [6.45, 7) is 1.10. The molecule has 1 aromatic rings. The molecule has 2 N–H and O–H groups in total. The third kappa shape index (κ3) is 2.47. The quantitative estimate of drug-likeness (QED) is 0.728. The van der Waals surface area contributed by atoms with E-state index in [1.54, 1.807) is 18.2 Å².